The minimum absolute atomic E-state index is 0.0941. The van der Waals surface area contributed by atoms with E-state index in [2.05, 4.69) is 10.2 Å². The molecule has 30 heavy (non-hydrogen) atoms. The summed E-state index contributed by atoms with van der Waals surface area (Å²) in [4.78, 5) is 42.9. The van der Waals surface area contributed by atoms with Crippen molar-refractivity contribution in [2.45, 2.75) is 6.92 Å². The summed E-state index contributed by atoms with van der Waals surface area (Å²) >= 11 is 0. The van der Waals surface area contributed by atoms with Crippen molar-refractivity contribution < 1.29 is 24.2 Å². The number of ether oxygens (including phenoxy) is 1. The topological polar surface area (TPSA) is 102 Å². The van der Waals surface area contributed by atoms with Gasteiger partial charge in [0.05, 0.1) is 25.3 Å². The van der Waals surface area contributed by atoms with Gasteiger partial charge >= 0.3 is 0 Å². The normalized spacial score (nSPS) is 17.8. The van der Waals surface area contributed by atoms with Crippen LogP contribution in [0.15, 0.2) is 30.0 Å². The molecule has 0 bridgehead atoms. The van der Waals surface area contributed by atoms with E-state index in [1.165, 1.54) is 18.9 Å². The van der Waals surface area contributed by atoms with Crippen LogP contribution in [0.3, 0.4) is 0 Å². The molecular weight excluding hydrogens is 388 g/mol. The standard InChI is InChI=1S/C21H28N4O5/c1-15(27)22-17-5-3-16(4-6-17)18-19(21(29)25(20(18)28)12-14-30-2)24-9-7-23(8-10-24)11-13-26/h3-6,26H,7-14H2,1-2H3,(H,22,27). The Kier molecular flexibility index (Phi) is 7.20. The highest BCUT2D eigenvalue weighted by molar-refractivity contribution is 6.35. The number of β-amino-alcohol motifs (C(OH)–C–C–N with tert-alkyl or cyclic N) is 1. The van der Waals surface area contributed by atoms with Crippen molar-refractivity contribution in [2.24, 2.45) is 0 Å². The number of carbonyl (C=O) groups is 3. The van der Waals surface area contributed by atoms with Gasteiger partial charge in [-0.1, -0.05) is 12.1 Å². The van der Waals surface area contributed by atoms with Crippen molar-refractivity contribution in [3.05, 3.63) is 35.5 Å². The number of aliphatic hydroxyl groups is 1. The van der Waals surface area contributed by atoms with Gasteiger partial charge in [-0.25, -0.2) is 0 Å². The number of amides is 3. The second-order valence-corrected chi connectivity index (χ2v) is 7.29. The molecule has 0 aliphatic carbocycles. The average Bonchev–Trinajstić information content (AvgIpc) is 2.97. The summed E-state index contributed by atoms with van der Waals surface area (Å²) in [6.07, 6.45) is 0. The Labute approximate surface area is 175 Å². The van der Waals surface area contributed by atoms with Crippen LogP contribution in [0.1, 0.15) is 12.5 Å². The Hall–Kier alpha value is -2.75. The maximum atomic E-state index is 13.2. The maximum absolute atomic E-state index is 13.2. The predicted octanol–water partition coefficient (Wildman–Crippen LogP) is -0.0188. The van der Waals surface area contributed by atoms with E-state index in [-0.39, 0.29) is 37.5 Å². The number of imide groups is 1. The van der Waals surface area contributed by atoms with Crippen LogP contribution in [-0.4, -0.2) is 97.1 Å². The summed E-state index contributed by atoms with van der Waals surface area (Å²) in [6, 6.07) is 6.92. The van der Waals surface area contributed by atoms with Gasteiger partial charge in [0.2, 0.25) is 5.91 Å². The lowest BCUT2D eigenvalue weighted by Gasteiger charge is -2.36. The molecule has 1 saturated heterocycles. The zero-order valence-electron chi connectivity index (χ0n) is 17.4. The third kappa shape index (κ3) is 4.69. The first kappa shape index (κ1) is 21.9. The summed E-state index contributed by atoms with van der Waals surface area (Å²) in [6.45, 7) is 5.18. The molecule has 2 aliphatic rings. The van der Waals surface area contributed by atoms with Gasteiger partial charge in [0, 0.05) is 52.4 Å². The minimum Gasteiger partial charge on any atom is -0.395 e. The van der Waals surface area contributed by atoms with E-state index in [0.717, 1.165) is 0 Å². The molecule has 9 heteroatoms. The van der Waals surface area contributed by atoms with E-state index in [0.29, 0.717) is 55.2 Å². The molecule has 2 aliphatic heterocycles. The van der Waals surface area contributed by atoms with E-state index < -0.39 is 0 Å². The molecule has 162 valence electrons. The van der Waals surface area contributed by atoms with Crippen molar-refractivity contribution in [1.29, 1.82) is 0 Å². The SMILES string of the molecule is COCCN1C(=O)C(c2ccc(NC(C)=O)cc2)=C(N2CCN(CCO)CC2)C1=O. The van der Waals surface area contributed by atoms with E-state index in [9.17, 15) is 14.4 Å². The van der Waals surface area contributed by atoms with Crippen molar-refractivity contribution >= 4 is 29.0 Å². The first-order valence-electron chi connectivity index (χ1n) is 10.0. The Morgan fingerprint density at radius 3 is 2.30 bits per heavy atom. The molecule has 0 radical (unpaired) electrons. The van der Waals surface area contributed by atoms with E-state index in [1.807, 2.05) is 4.90 Å². The molecule has 0 spiro atoms. The molecule has 9 nitrogen and oxygen atoms in total. The average molecular weight is 416 g/mol. The number of nitrogens with zero attached hydrogens (tertiary/aromatic N) is 3. The van der Waals surface area contributed by atoms with Crippen molar-refractivity contribution in [2.75, 3.05) is 64.9 Å². The Balaban J connectivity index is 1.91. The maximum Gasteiger partial charge on any atom is 0.277 e. The van der Waals surface area contributed by atoms with Crippen LogP contribution in [0.5, 0.6) is 0 Å². The molecule has 1 aromatic carbocycles. The number of rotatable bonds is 8. The monoisotopic (exact) mass is 416 g/mol. The van der Waals surface area contributed by atoms with Crippen LogP contribution in [0.4, 0.5) is 5.69 Å². The fraction of sp³-hybridized carbons (Fsp3) is 0.476. The molecule has 3 amide bonds. The number of carbonyl (C=O) groups excluding carboxylic acids is 3. The molecule has 1 aromatic rings. The van der Waals surface area contributed by atoms with E-state index >= 15 is 0 Å². The van der Waals surface area contributed by atoms with Crippen LogP contribution in [0.2, 0.25) is 0 Å². The van der Waals surface area contributed by atoms with Crippen LogP contribution in [-0.2, 0) is 19.1 Å². The molecular formula is C21H28N4O5. The zero-order chi connectivity index (χ0) is 21.7. The van der Waals surface area contributed by atoms with Crippen molar-refractivity contribution in [3.63, 3.8) is 0 Å². The van der Waals surface area contributed by atoms with Gasteiger partial charge in [-0.05, 0) is 17.7 Å². The van der Waals surface area contributed by atoms with Crippen molar-refractivity contribution in [1.82, 2.24) is 14.7 Å². The number of benzene rings is 1. The first-order chi connectivity index (χ1) is 14.5. The van der Waals surface area contributed by atoms with Gasteiger partial charge in [0.15, 0.2) is 0 Å². The summed E-state index contributed by atoms with van der Waals surface area (Å²) in [5.41, 5.74) is 2.04. The molecule has 2 heterocycles. The van der Waals surface area contributed by atoms with Gasteiger partial charge in [0.1, 0.15) is 5.70 Å². The second-order valence-electron chi connectivity index (χ2n) is 7.29. The van der Waals surface area contributed by atoms with Crippen molar-refractivity contribution in [3.8, 4) is 0 Å². The predicted molar refractivity (Wildman–Crippen MR) is 111 cm³/mol. The Bertz CT molecular complexity index is 828. The smallest absolute Gasteiger partial charge is 0.277 e. The minimum atomic E-state index is -0.336. The summed E-state index contributed by atoms with van der Waals surface area (Å²) < 4.78 is 5.07. The number of piperazine rings is 1. The second kappa shape index (κ2) is 9.84. The van der Waals surface area contributed by atoms with Gasteiger partial charge in [-0.2, -0.15) is 0 Å². The van der Waals surface area contributed by atoms with E-state index in [1.54, 1.807) is 24.3 Å². The molecule has 0 saturated carbocycles. The number of hydrogen-bond acceptors (Lipinski definition) is 7. The third-order valence-electron chi connectivity index (χ3n) is 5.26. The van der Waals surface area contributed by atoms with E-state index in [4.69, 9.17) is 9.84 Å². The Morgan fingerprint density at radius 2 is 1.73 bits per heavy atom. The molecule has 0 atom stereocenters. The van der Waals surface area contributed by atoms with Gasteiger partial charge in [-0.3, -0.25) is 24.2 Å². The number of hydrogen-bond donors (Lipinski definition) is 2. The lowest BCUT2D eigenvalue weighted by Crippen LogP contribution is -2.48. The van der Waals surface area contributed by atoms with Gasteiger partial charge in [-0.15, -0.1) is 0 Å². The fourth-order valence-electron chi connectivity index (χ4n) is 3.76. The van der Waals surface area contributed by atoms with Gasteiger partial charge in [0.25, 0.3) is 11.8 Å². The number of anilines is 1. The highest BCUT2D eigenvalue weighted by Gasteiger charge is 2.41. The van der Waals surface area contributed by atoms with Crippen LogP contribution < -0.4 is 5.32 Å². The Morgan fingerprint density at radius 1 is 1.07 bits per heavy atom. The number of methoxy groups -OCH3 is 1. The van der Waals surface area contributed by atoms with Crippen LogP contribution in [0, 0.1) is 0 Å². The van der Waals surface area contributed by atoms with Gasteiger partial charge < -0.3 is 20.1 Å². The molecule has 0 aromatic heterocycles. The third-order valence-corrected chi connectivity index (χ3v) is 5.26. The highest BCUT2D eigenvalue weighted by Crippen LogP contribution is 2.32. The molecule has 3 rings (SSSR count). The summed E-state index contributed by atoms with van der Waals surface area (Å²) in [5.74, 6) is -0.827. The molecule has 0 unspecified atom stereocenters. The fourth-order valence-corrected chi connectivity index (χ4v) is 3.76. The summed E-state index contributed by atoms with van der Waals surface area (Å²) in [5, 5.41) is 11.9. The molecule has 1 fully saturated rings. The number of nitrogens with one attached hydrogen (secondary N) is 1. The quantitative estimate of drug-likeness (QED) is 0.574. The lowest BCUT2D eigenvalue weighted by atomic mass is 10.0. The largest absolute Gasteiger partial charge is 0.395 e. The lowest BCUT2D eigenvalue weighted by molar-refractivity contribution is -0.138. The van der Waals surface area contributed by atoms with Crippen LogP contribution in [0.25, 0.3) is 5.57 Å². The molecule has 2 N–H and O–H groups in total. The number of aliphatic hydroxyl groups excluding tert-OH is 1. The van der Waals surface area contributed by atoms with Crippen LogP contribution >= 0.6 is 0 Å². The highest BCUT2D eigenvalue weighted by atomic mass is 16.5. The zero-order valence-corrected chi connectivity index (χ0v) is 17.4. The first-order valence-corrected chi connectivity index (χ1v) is 10.0. The summed E-state index contributed by atoms with van der Waals surface area (Å²) in [7, 11) is 1.53.